The molecule has 0 N–H and O–H groups in total. The van der Waals surface area contributed by atoms with E-state index in [2.05, 4.69) is 38.0 Å². The lowest BCUT2D eigenvalue weighted by atomic mass is 10.8. The summed E-state index contributed by atoms with van der Waals surface area (Å²) in [7, 11) is 8.22. The number of hydrogen-bond donors (Lipinski definition) is 0. The Morgan fingerprint density at radius 3 is 1.12 bits per heavy atom. The van der Waals surface area contributed by atoms with Crippen molar-refractivity contribution >= 4 is 0 Å². The standard InChI is InChI=1S/C5H14N2.CH4/c1-6(2)5-7(3)4;/h5H2,1-4H3;1H4. The molecular formula is C6H18N2. The molecule has 0 spiro atoms. The highest BCUT2D eigenvalue weighted by atomic mass is 15.2. The van der Waals surface area contributed by atoms with Gasteiger partial charge in [-0.1, -0.05) is 7.43 Å². The van der Waals surface area contributed by atoms with Crippen molar-refractivity contribution in [1.29, 1.82) is 0 Å². The van der Waals surface area contributed by atoms with Gasteiger partial charge < -0.3 is 0 Å². The van der Waals surface area contributed by atoms with Crippen molar-refractivity contribution in [2.24, 2.45) is 0 Å². The third-order valence-corrected chi connectivity index (χ3v) is 0.566. The lowest BCUT2D eigenvalue weighted by molar-refractivity contribution is 0.245. The van der Waals surface area contributed by atoms with Crippen molar-refractivity contribution < 1.29 is 0 Å². The highest BCUT2D eigenvalue weighted by molar-refractivity contribution is 4.35. The van der Waals surface area contributed by atoms with Gasteiger partial charge >= 0.3 is 0 Å². The van der Waals surface area contributed by atoms with Gasteiger partial charge in [-0.05, 0) is 28.2 Å². The van der Waals surface area contributed by atoms with Gasteiger partial charge in [-0.2, -0.15) is 0 Å². The Morgan fingerprint density at radius 1 is 0.875 bits per heavy atom. The minimum atomic E-state index is 0. The summed E-state index contributed by atoms with van der Waals surface area (Å²) in [4.78, 5) is 4.25. The number of rotatable bonds is 2. The topological polar surface area (TPSA) is 6.48 Å². The fourth-order valence-electron chi connectivity index (χ4n) is 0.566. The molecule has 0 aliphatic carbocycles. The molecule has 0 aromatic carbocycles. The first-order valence-electron chi connectivity index (χ1n) is 2.42. The Labute approximate surface area is 53.1 Å². The first-order valence-corrected chi connectivity index (χ1v) is 2.42. The van der Waals surface area contributed by atoms with Crippen LogP contribution in [0.4, 0.5) is 0 Å². The van der Waals surface area contributed by atoms with Crippen molar-refractivity contribution in [1.82, 2.24) is 9.80 Å². The second-order valence-corrected chi connectivity index (χ2v) is 2.30. The Kier molecular flexibility index (Phi) is 6.85. The minimum Gasteiger partial charge on any atom is -0.297 e. The zero-order valence-electron chi connectivity index (χ0n) is 5.60. The van der Waals surface area contributed by atoms with Gasteiger partial charge in [0.05, 0.1) is 0 Å². The molecular weight excluding hydrogens is 100 g/mol. The van der Waals surface area contributed by atoms with Crippen LogP contribution in [0.15, 0.2) is 0 Å². The van der Waals surface area contributed by atoms with E-state index in [4.69, 9.17) is 0 Å². The summed E-state index contributed by atoms with van der Waals surface area (Å²) in [6, 6.07) is 0. The van der Waals surface area contributed by atoms with Crippen LogP contribution < -0.4 is 0 Å². The molecule has 0 saturated carbocycles. The van der Waals surface area contributed by atoms with Crippen molar-refractivity contribution in [3.05, 3.63) is 0 Å². The third kappa shape index (κ3) is 9.33. The lowest BCUT2D eigenvalue weighted by Gasteiger charge is -2.14. The van der Waals surface area contributed by atoms with E-state index in [-0.39, 0.29) is 7.43 Å². The van der Waals surface area contributed by atoms with Gasteiger partial charge in [-0.25, -0.2) is 0 Å². The second-order valence-electron chi connectivity index (χ2n) is 2.30. The van der Waals surface area contributed by atoms with E-state index >= 15 is 0 Å². The summed E-state index contributed by atoms with van der Waals surface area (Å²) < 4.78 is 0. The monoisotopic (exact) mass is 118 g/mol. The fourth-order valence-corrected chi connectivity index (χ4v) is 0.566. The molecule has 52 valence electrons. The lowest BCUT2D eigenvalue weighted by Crippen LogP contribution is -2.26. The molecule has 0 aliphatic heterocycles. The summed E-state index contributed by atoms with van der Waals surface area (Å²) in [5, 5.41) is 0. The van der Waals surface area contributed by atoms with E-state index in [1.54, 1.807) is 0 Å². The maximum absolute atomic E-state index is 2.12. The largest absolute Gasteiger partial charge is 0.297 e. The Morgan fingerprint density at radius 2 is 1.12 bits per heavy atom. The SMILES string of the molecule is C.CN(C)CN(C)C. The van der Waals surface area contributed by atoms with E-state index in [1.165, 1.54) is 0 Å². The molecule has 2 heteroatoms. The molecule has 2 nitrogen and oxygen atoms in total. The third-order valence-electron chi connectivity index (χ3n) is 0.566. The smallest absolute Gasteiger partial charge is 0.0495 e. The fraction of sp³-hybridized carbons (Fsp3) is 1.00. The molecule has 8 heavy (non-hydrogen) atoms. The van der Waals surface area contributed by atoms with Gasteiger partial charge in [0.15, 0.2) is 0 Å². The van der Waals surface area contributed by atoms with E-state index in [9.17, 15) is 0 Å². The van der Waals surface area contributed by atoms with Gasteiger partial charge in [0.1, 0.15) is 0 Å². The number of hydrogen-bond acceptors (Lipinski definition) is 2. The van der Waals surface area contributed by atoms with E-state index in [1.807, 2.05) is 0 Å². The van der Waals surface area contributed by atoms with Crippen LogP contribution in [-0.2, 0) is 0 Å². The maximum atomic E-state index is 2.12. The van der Waals surface area contributed by atoms with Crippen LogP contribution in [0.2, 0.25) is 0 Å². The first kappa shape index (κ1) is 10.8. The Bertz CT molecular complexity index is 35.8. The summed E-state index contributed by atoms with van der Waals surface area (Å²) in [6.07, 6.45) is 0. The summed E-state index contributed by atoms with van der Waals surface area (Å²) in [5.74, 6) is 0. The molecule has 0 heterocycles. The average Bonchev–Trinajstić information content (AvgIpc) is 1.27. The van der Waals surface area contributed by atoms with Crippen LogP contribution in [0, 0.1) is 0 Å². The normalized spacial score (nSPS) is 9.75. The van der Waals surface area contributed by atoms with Gasteiger partial charge in [0, 0.05) is 6.67 Å². The summed E-state index contributed by atoms with van der Waals surface area (Å²) in [5.41, 5.74) is 0. The number of nitrogens with zero attached hydrogens (tertiary/aromatic N) is 2. The quantitative estimate of drug-likeness (QED) is 0.493. The summed E-state index contributed by atoms with van der Waals surface area (Å²) in [6.45, 7) is 1.03. The molecule has 0 aromatic rings. The highest BCUT2D eigenvalue weighted by Crippen LogP contribution is 1.74. The maximum Gasteiger partial charge on any atom is 0.0495 e. The van der Waals surface area contributed by atoms with Crippen LogP contribution in [-0.4, -0.2) is 44.7 Å². The second kappa shape index (κ2) is 5.06. The van der Waals surface area contributed by atoms with Crippen molar-refractivity contribution in [3.63, 3.8) is 0 Å². The molecule has 0 amide bonds. The van der Waals surface area contributed by atoms with E-state index in [0.29, 0.717) is 0 Å². The highest BCUT2D eigenvalue weighted by Gasteiger charge is 1.87. The van der Waals surface area contributed by atoms with E-state index in [0.717, 1.165) is 6.67 Å². The van der Waals surface area contributed by atoms with Crippen LogP contribution in [0.3, 0.4) is 0 Å². The first-order chi connectivity index (χ1) is 3.13. The van der Waals surface area contributed by atoms with Crippen molar-refractivity contribution in [2.75, 3.05) is 34.9 Å². The molecule has 0 atom stereocenters. The van der Waals surface area contributed by atoms with Crippen LogP contribution in [0.1, 0.15) is 7.43 Å². The molecule has 0 bridgehead atoms. The van der Waals surface area contributed by atoms with Crippen molar-refractivity contribution in [2.45, 2.75) is 7.43 Å². The zero-order chi connectivity index (χ0) is 5.86. The molecule has 0 rings (SSSR count). The molecule has 0 aliphatic rings. The molecule has 0 unspecified atom stereocenters. The summed E-state index contributed by atoms with van der Waals surface area (Å²) >= 11 is 0. The van der Waals surface area contributed by atoms with Crippen LogP contribution in [0.5, 0.6) is 0 Å². The Hall–Kier alpha value is -0.0800. The molecule has 0 aromatic heterocycles. The Balaban J connectivity index is 0. The molecule has 0 fully saturated rings. The molecule has 0 saturated heterocycles. The average molecular weight is 118 g/mol. The van der Waals surface area contributed by atoms with E-state index < -0.39 is 0 Å². The van der Waals surface area contributed by atoms with Gasteiger partial charge in [0.25, 0.3) is 0 Å². The van der Waals surface area contributed by atoms with Crippen molar-refractivity contribution in [3.8, 4) is 0 Å². The van der Waals surface area contributed by atoms with Crippen LogP contribution in [0.25, 0.3) is 0 Å². The predicted molar refractivity (Wildman–Crippen MR) is 39.0 cm³/mol. The van der Waals surface area contributed by atoms with Gasteiger partial charge in [-0.15, -0.1) is 0 Å². The predicted octanol–water partition coefficient (Wildman–Crippen LogP) is 0.703. The molecule has 0 radical (unpaired) electrons. The minimum absolute atomic E-state index is 0. The van der Waals surface area contributed by atoms with Crippen LogP contribution >= 0.6 is 0 Å². The van der Waals surface area contributed by atoms with Gasteiger partial charge in [-0.3, -0.25) is 9.80 Å². The zero-order valence-corrected chi connectivity index (χ0v) is 5.60. The van der Waals surface area contributed by atoms with Gasteiger partial charge in [0.2, 0.25) is 0 Å².